The summed E-state index contributed by atoms with van der Waals surface area (Å²) in [6, 6.07) is 9.47. The van der Waals surface area contributed by atoms with Gasteiger partial charge in [0.25, 0.3) is 10.2 Å². The van der Waals surface area contributed by atoms with Crippen molar-refractivity contribution in [3.8, 4) is 0 Å². The predicted molar refractivity (Wildman–Crippen MR) is 84.3 cm³/mol. The highest BCUT2D eigenvalue weighted by Gasteiger charge is 2.23. The molecule has 22 heavy (non-hydrogen) atoms. The van der Waals surface area contributed by atoms with E-state index < -0.39 is 10.2 Å². The Bertz CT molecular complexity index is 740. The summed E-state index contributed by atoms with van der Waals surface area (Å²) in [6.07, 6.45) is 3.09. The van der Waals surface area contributed by atoms with E-state index in [-0.39, 0.29) is 13.1 Å². The molecule has 0 bridgehead atoms. The normalized spacial score (nSPS) is 14.5. The second kappa shape index (κ2) is 6.20. The van der Waals surface area contributed by atoms with E-state index in [0.717, 1.165) is 36.2 Å². The summed E-state index contributed by atoms with van der Waals surface area (Å²) >= 11 is 0. The zero-order valence-corrected chi connectivity index (χ0v) is 13.4. The Kier molecular flexibility index (Phi) is 4.28. The molecule has 0 atom stereocenters. The van der Waals surface area contributed by atoms with Crippen molar-refractivity contribution >= 4 is 10.2 Å². The summed E-state index contributed by atoms with van der Waals surface area (Å²) in [7, 11) is -1.95. The third-order valence-corrected chi connectivity index (χ3v) is 5.44. The third-order valence-electron chi connectivity index (χ3n) is 3.98. The molecule has 0 aliphatic heterocycles. The van der Waals surface area contributed by atoms with E-state index in [1.165, 1.54) is 9.87 Å². The highest BCUT2D eigenvalue weighted by atomic mass is 32.2. The molecule has 0 amide bonds. The van der Waals surface area contributed by atoms with Gasteiger partial charge in [0.2, 0.25) is 0 Å². The molecule has 1 aromatic heterocycles. The number of hydrogen-bond acceptors (Lipinski definition) is 3. The van der Waals surface area contributed by atoms with Crippen LogP contribution < -0.4 is 4.72 Å². The van der Waals surface area contributed by atoms with E-state index >= 15 is 0 Å². The standard InChI is InChI=1S/C15H20N4O2S/c1-19(11-15-13-8-5-9-14(13)17-18-15)22(20,21)16-10-12-6-3-2-4-7-12/h2-4,6-7,16H,5,8-11H2,1H3,(H,17,18). The fourth-order valence-electron chi connectivity index (χ4n) is 2.70. The van der Waals surface area contributed by atoms with Crippen molar-refractivity contribution < 1.29 is 8.42 Å². The SMILES string of the molecule is CN(Cc1n[nH]c2c1CCC2)S(=O)(=O)NCc1ccccc1. The lowest BCUT2D eigenvalue weighted by Gasteiger charge is -2.17. The van der Waals surface area contributed by atoms with Crippen molar-refractivity contribution in [2.75, 3.05) is 7.05 Å². The van der Waals surface area contributed by atoms with E-state index in [4.69, 9.17) is 0 Å². The zero-order valence-electron chi connectivity index (χ0n) is 12.5. The molecular weight excluding hydrogens is 300 g/mol. The summed E-state index contributed by atoms with van der Waals surface area (Å²) in [5, 5.41) is 7.26. The number of aromatic nitrogens is 2. The van der Waals surface area contributed by atoms with Gasteiger partial charge in [-0.3, -0.25) is 5.10 Å². The number of aryl methyl sites for hydroxylation is 1. The highest BCUT2D eigenvalue weighted by molar-refractivity contribution is 7.87. The molecule has 0 radical (unpaired) electrons. The van der Waals surface area contributed by atoms with Gasteiger partial charge in [-0.05, 0) is 30.4 Å². The van der Waals surface area contributed by atoms with Gasteiger partial charge in [0, 0.05) is 19.3 Å². The molecular formula is C15H20N4O2S. The van der Waals surface area contributed by atoms with Crippen molar-refractivity contribution in [1.82, 2.24) is 19.2 Å². The van der Waals surface area contributed by atoms with Gasteiger partial charge in [-0.1, -0.05) is 30.3 Å². The van der Waals surface area contributed by atoms with E-state index in [0.29, 0.717) is 0 Å². The second-order valence-electron chi connectivity index (χ2n) is 5.55. The van der Waals surface area contributed by atoms with E-state index in [1.807, 2.05) is 30.3 Å². The summed E-state index contributed by atoms with van der Waals surface area (Å²) in [5.74, 6) is 0. The average molecular weight is 320 g/mol. The van der Waals surface area contributed by atoms with Crippen LogP contribution in [-0.4, -0.2) is 30.0 Å². The van der Waals surface area contributed by atoms with Crippen LogP contribution in [0.1, 0.15) is 28.9 Å². The molecule has 0 unspecified atom stereocenters. The first-order chi connectivity index (χ1) is 10.6. The fourth-order valence-corrected chi connectivity index (χ4v) is 3.56. The van der Waals surface area contributed by atoms with Gasteiger partial charge in [0.1, 0.15) is 0 Å². The Morgan fingerprint density at radius 2 is 2.05 bits per heavy atom. The maximum atomic E-state index is 12.3. The smallest absolute Gasteiger partial charge is 0.279 e. The van der Waals surface area contributed by atoms with Crippen LogP contribution in [0.3, 0.4) is 0 Å². The maximum absolute atomic E-state index is 12.3. The number of hydrogen-bond donors (Lipinski definition) is 2. The van der Waals surface area contributed by atoms with Crippen molar-refractivity contribution in [3.63, 3.8) is 0 Å². The van der Waals surface area contributed by atoms with Crippen molar-refractivity contribution in [2.24, 2.45) is 0 Å². The van der Waals surface area contributed by atoms with Crippen LogP contribution in [0.5, 0.6) is 0 Å². The third kappa shape index (κ3) is 3.21. The molecule has 118 valence electrons. The van der Waals surface area contributed by atoms with Gasteiger partial charge >= 0.3 is 0 Å². The molecule has 6 nitrogen and oxygen atoms in total. The largest absolute Gasteiger partial charge is 0.282 e. The molecule has 3 rings (SSSR count). The molecule has 0 saturated heterocycles. The lowest BCUT2D eigenvalue weighted by molar-refractivity contribution is 0.449. The minimum absolute atomic E-state index is 0.284. The van der Waals surface area contributed by atoms with Crippen molar-refractivity contribution in [3.05, 3.63) is 52.8 Å². The molecule has 1 aliphatic rings. The number of aromatic amines is 1. The molecule has 0 fully saturated rings. The molecule has 1 aromatic carbocycles. The Morgan fingerprint density at radius 3 is 2.82 bits per heavy atom. The van der Waals surface area contributed by atoms with Gasteiger partial charge in [0.05, 0.1) is 12.2 Å². The van der Waals surface area contributed by atoms with Crippen LogP contribution in [0.4, 0.5) is 0 Å². The zero-order chi connectivity index (χ0) is 15.6. The van der Waals surface area contributed by atoms with E-state index in [2.05, 4.69) is 14.9 Å². The van der Waals surface area contributed by atoms with Crippen LogP contribution in [0, 0.1) is 0 Å². The summed E-state index contributed by atoms with van der Waals surface area (Å²) in [4.78, 5) is 0. The molecule has 1 aliphatic carbocycles. The average Bonchev–Trinajstić information content (AvgIpc) is 3.11. The molecule has 2 aromatic rings. The van der Waals surface area contributed by atoms with Gasteiger partial charge in [-0.15, -0.1) is 0 Å². The highest BCUT2D eigenvalue weighted by Crippen LogP contribution is 2.23. The van der Waals surface area contributed by atoms with Crippen LogP contribution in [0.25, 0.3) is 0 Å². The quantitative estimate of drug-likeness (QED) is 0.844. The van der Waals surface area contributed by atoms with E-state index in [9.17, 15) is 8.42 Å². The number of H-pyrrole nitrogens is 1. The van der Waals surface area contributed by atoms with Crippen LogP contribution in [0.2, 0.25) is 0 Å². The van der Waals surface area contributed by atoms with Crippen LogP contribution in [0.15, 0.2) is 30.3 Å². The number of benzene rings is 1. The van der Waals surface area contributed by atoms with Crippen molar-refractivity contribution in [1.29, 1.82) is 0 Å². The summed E-state index contributed by atoms with van der Waals surface area (Å²) < 4.78 is 28.5. The number of rotatable bonds is 6. The lowest BCUT2D eigenvalue weighted by Crippen LogP contribution is -2.37. The molecule has 7 heteroatoms. The van der Waals surface area contributed by atoms with Gasteiger partial charge in [0.15, 0.2) is 0 Å². The number of nitrogens with zero attached hydrogens (tertiary/aromatic N) is 2. The molecule has 0 saturated carbocycles. The summed E-state index contributed by atoms with van der Waals surface area (Å²) in [6.45, 7) is 0.572. The predicted octanol–water partition coefficient (Wildman–Crippen LogP) is 1.36. The van der Waals surface area contributed by atoms with Crippen LogP contribution in [-0.2, 0) is 36.1 Å². The van der Waals surface area contributed by atoms with Gasteiger partial charge < -0.3 is 0 Å². The lowest BCUT2D eigenvalue weighted by atomic mass is 10.2. The molecule has 2 N–H and O–H groups in total. The fraction of sp³-hybridized carbons (Fsp3) is 0.400. The second-order valence-corrected chi connectivity index (χ2v) is 7.41. The van der Waals surface area contributed by atoms with Gasteiger partial charge in [-0.25, -0.2) is 0 Å². The van der Waals surface area contributed by atoms with Crippen molar-refractivity contribution in [2.45, 2.75) is 32.4 Å². The van der Waals surface area contributed by atoms with E-state index in [1.54, 1.807) is 7.05 Å². The van der Waals surface area contributed by atoms with Crippen LogP contribution >= 0.6 is 0 Å². The Balaban J connectivity index is 1.64. The Morgan fingerprint density at radius 1 is 1.27 bits per heavy atom. The first-order valence-corrected chi connectivity index (χ1v) is 8.80. The molecule has 0 spiro atoms. The Hall–Kier alpha value is -1.70. The minimum atomic E-state index is -3.52. The minimum Gasteiger partial charge on any atom is -0.282 e. The van der Waals surface area contributed by atoms with Gasteiger partial charge in [-0.2, -0.15) is 22.5 Å². The molecule has 1 heterocycles. The number of nitrogens with one attached hydrogen (secondary N) is 2. The monoisotopic (exact) mass is 320 g/mol. The first-order valence-electron chi connectivity index (χ1n) is 7.36. The Labute approximate surface area is 130 Å². The maximum Gasteiger partial charge on any atom is 0.279 e. The topological polar surface area (TPSA) is 78.1 Å². The number of fused-ring (bicyclic) bond motifs is 1. The summed E-state index contributed by atoms with van der Waals surface area (Å²) in [5.41, 5.74) is 4.10. The first kappa shape index (κ1) is 15.2.